The highest BCUT2D eigenvalue weighted by Crippen LogP contribution is 2.34. The van der Waals surface area contributed by atoms with Gasteiger partial charge in [-0.3, -0.25) is 4.79 Å². The number of alkyl halides is 3. The van der Waals surface area contributed by atoms with Gasteiger partial charge < -0.3 is 19.9 Å². The van der Waals surface area contributed by atoms with Gasteiger partial charge in [0.2, 0.25) is 5.91 Å². The van der Waals surface area contributed by atoms with Crippen LogP contribution in [0.4, 0.5) is 24.5 Å². The first-order chi connectivity index (χ1) is 17.2. The molecule has 1 saturated heterocycles. The highest BCUT2D eigenvalue weighted by atomic mass is 35.5. The zero-order valence-corrected chi connectivity index (χ0v) is 20.5. The lowest BCUT2D eigenvalue weighted by atomic mass is 9.92. The van der Waals surface area contributed by atoms with Crippen molar-refractivity contribution in [2.45, 2.75) is 44.0 Å². The fraction of sp³-hybridized carbons (Fsp3) is 0.462. The topological polar surface area (TPSA) is 68.6 Å². The standard InChI is InChI=1S/C26H28ClF3N4O2/c27-19-2-7-22(8-3-19)33-11-13-34(14-12-33)25(35)17-36-23-9-5-20(6-10-23)32-21-4-1-18(16-31)24(15-21)26(28,29)30/h1-4,7-8,15,20,23,32H,5-6,9-14,17H2/t20-,23-. The number of hydrogen-bond donors (Lipinski definition) is 1. The number of carbonyl (C=O) groups is 1. The van der Waals surface area contributed by atoms with Crippen molar-refractivity contribution in [3.05, 3.63) is 58.6 Å². The van der Waals surface area contributed by atoms with Crippen molar-refractivity contribution < 1.29 is 22.7 Å². The number of amides is 1. The lowest BCUT2D eigenvalue weighted by molar-refractivity contribution is -0.139. The van der Waals surface area contributed by atoms with Crippen molar-refractivity contribution in [3.8, 4) is 6.07 Å². The highest BCUT2D eigenvalue weighted by molar-refractivity contribution is 6.30. The van der Waals surface area contributed by atoms with Gasteiger partial charge in [0.25, 0.3) is 0 Å². The molecule has 10 heteroatoms. The van der Waals surface area contributed by atoms with Gasteiger partial charge in [0.15, 0.2) is 0 Å². The second-order valence-electron chi connectivity index (χ2n) is 9.14. The van der Waals surface area contributed by atoms with Crippen molar-refractivity contribution in [2.24, 2.45) is 0 Å². The summed E-state index contributed by atoms with van der Waals surface area (Å²) in [6.45, 7) is 2.79. The SMILES string of the molecule is N#Cc1ccc(N[C@H]2CC[C@H](OCC(=O)N3CCN(c4ccc(Cl)cc4)CC3)CC2)cc1C(F)(F)F. The average molecular weight is 521 g/mol. The molecule has 2 aromatic rings. The summed E-state index contributed by atoms with van der Waals surface area (Å²) >= 11 is 5.95. The van der Waals surface area contributed by atoms with E-state index in [0.717, 1.165) is 50.5 Å². The molecule has 6 nitrogen and oxygen atoms in total. The first-order valence-electron chi connectivity index (χ1n) is 12.0. The van der Waals surface area contributed by atoms with Crippen LogP contribution in [0.2, 0.25) is 5.02 Å². The molecule has 36 heavy (non-hydrogen) atoms. The van der Waals surface area contributed by atoms with Crippen LogP contribution in [-0.4, -0.2) is 55.7 Å². The predicted molar refractivity (Wildman–Crippen MR) is 132 cm³/mol. The van der Waals surface area contributed by atoms with Crippen LogP contribution < -0.4 is 10.2 Å². The lowest BCUT2D eigenvalue weighted by Gasteiger charge is -2.36. The van der Waals surface area contributed by atoms with E-state index in [1.165, 1.54) is 12.1 Å². The van der Waals surface area contributed by atoms with Crippen LogP contribution >= 0.6 is 11.6 Å². The minimum absolute atomic E-state index is 0.00974. The van der Waals surface area contributed by atoms with Crippen molar-refractivity contribution in [1.82, 2.24) is 4.90 Å². The summed E-state index contributed by atoms with van der Waals surface area (Å²) in [6.07, 6.45) is -1.74. The summed E-state index contributed by atoms with van der Waals surface area (Å²) in [5, 5.41) is 12.8. The Labute approximate surface area is 213 Å². The van der Waals surface area contributed by atoms with Crippen molar-refractivity contribution in [1.29, 1.82) is 5.26 Å². The van der Waals surface area contributed by atoms with Crippen molar-refractivity contribution >= 4 is 28.9 Å². The fourth-order valence-electron chi connectivity index (χ4n) is 4.72. The third-order valence-electron chi connectivity index (χ3n) is 6.76. The predicted octanol–water partition coefficient (Wildman–Crippen LogP) is 5.32. The van der Waals surface area contributed by atoms with E-state index in [1.807, 2.05) is 29.2 Å². The maximum atomic E-state index is 13.2. The first kappa shape index (κ1) is 26.1. The van der Waals surface area contributed by atoms with Crippen LogP contribution in [0.1, 0.15) is 36.8 Å². The number of nitriles is 1. The molecule has 2 aromatic carbocycles. The zero-order valence-electron chi connectivity index (χ0n) is 19.7. The largest absolute Gasteiger partial charge is 0.417 e. The summed E-state index contributed by atoms with van der Waals surface area (Å²) in [4.78, 5) is 16.7. The maximum absolute atomic E-state index is 13.2. The molecule has 0 aromatic heterocycles. The number of nitrogens with zero attached hydrogens (tertiary/aromatic N) is 3. The van der Waals surface area contributed by atoms with Crippen molar-refractivity contribution in [2.75, 3.05) is 43.0 Å². The Morgan fingerprint density at radius 1 is 1.06 bits per heavy atom. The van der Waals surface area contributed by atoms with Gasteiger partial charge in [-0.25, -0.2) is 0 Å². The number of ether oxygens (including phenoxy) is 1. The third-order valence-corrected chi connectivity index (χ3v) is 7.01. The Bertz CT molecular complexity index is 1090. The molecule has 1 aliphatic heterocycles. The van der Waals surface area contributed by atoms with E-state index in [2.05, 4.69) is 10.2 Å². The summed E-state index contributed by atoms with van der Waals surface area (Å²) in [6, 6.07) is 13.0. The summed E-state index contributed by atoms with van der Waals surface area (Å²) < 4.78 is 45.5. The van der Waals surface area contributed by atoms with Crippen LogP contribution in [0.5, 0.6) is 0 Å². The van der Waals surface area contributed by atoms with Crippen LogP contribution in [0.15, 0.2) is 42.5 Å². The number of anilines is 2. The molecular formula is C26H28ClF3N4O2. The van der Waals surface area contributed by atoms with Crippen LogP contribution in [0.25, 0.3) is 0 Å². The second kappa shape index (κ2) is 11.4. The number of rotatable bonds is 6. The molecule has 0 spiro atoms. The Balaban J connectivity index is 1.19. The van der Waals surface area contributed by atoms with Gasteiger partial charge in [-0.2, -0.15) is 18.4 Å². The molecule has 0 radical (unpaired) electrons. The number of nitrogens with one attached hydrogen (secondary N) is 1. The van der Waals surface area contributed by atoms with Gasteiger partial charge in [0.1, 0.15) is 6.61 Å². The monoisotopic (exact) mass is 520 g/mol. The maximum Gasteiger partial charge on any atom is 0.417 e. The second-order valence-corrected chi connectivity index (χ2v) is 9.58. The van der Waals surface area contributed by atoms with Gasteiger partial charge in [-0.05, 0) is 68.1 Å². The highest BCUT2D eigenvalue weighted by Gasteiger charge is 2.34. The molecule has 1 aliphatic carbocycles. The molecule has 192 valence electrons. The van der Waals surface area contributed by atoms with E-state index in [9.17, 15) is 18.0 Å². The lowest BCUT2D eigenvalue weighted by Crippen LogP contribution is -2.50. The van der Waals surface area contributed by atoms with Gasteiger partial charge in [-0.15, -0.1) is 0 Å². The molecule has 0 unspecified atom stereocenters. The summed E-state index contributed by atoms with van der Waals surface area (Å²) in [7, 11) is 0. The smallest absolute Gasteiger partial charge is 0.382 e. The van der Waals surface area contributed by atoms with Gasteiger partial charge in [0.05, 0.1) is 23.3 Å². The van der Waals surface area contributed by atoms with Crippen LogP contribution in [0, 0.1) is 11.3 Å². The average Bonchev–Trinajstić information content (AvgIpc) is 2.88. The molecule has 4 rings (SSSR count). The van der Waals surface area contributed by atoms with E-state index >= 15 is 0 Å². The molecule has 0 atom stereocenters. The van der Waals surface area contributed by atoms with E-state index in [0.29, 0.717) is 23.8 Å². The number of benzene rings is 2. The third kappa shape index (κ3) is 6.62. The molecule has 2 fully saturated rings. The zero-order chi connectivity index (χ0) is 25.7. The number of halogens is 4. The van der Waals surface area contributed by atoms with Crippen molar-refractivity contribution in [3.63, 3.8) is 0 Å². The van der Waals surface area contributed by atoms with Gasteiger partial charge in [-0.1, -0.05) is 11.6 Å². The normalized spacial score (nSPS) is 20.6. The Kier molecular flexibility index (Phi) is 8.27. The summed E-state index contributed by atoms with van der Waals surface area (Å²) in [5.74, 6) is -0.0248. The molecule has 1 amide bonds. The van der Waals surface area contributed by atoms with Crippen LogP contribution in [0.3, 0.4) is 0 Å². The summed E-state index contributed by atoms with van der Waals surface area (Å²) in [5.41, 5.74) is 0.114. The minimum atomic E-state index is -4.58. The number of carbonyl (C=O) groups excluding carboxylic acids is 1. The van der Waals surface area contributed by atoms with E-state index in [-0.39, 0.29) is 30.2 Å². The number of piperazine rings is 1. The Morgan fingerprint density at radius 3 is 2.33 bits per heavy atom. The van der Waals surface area contributed by atoms with E-state index < -0.39 is 11.7 Å². The fourth-order valence-corrected chi connectivity index (χ4v) is 4.85. The van der Waals surface area contributed by atoms with Gasteiger partial charge >= 0.3 is 6.18 Å². The van der Waals surface area contributed by atoms with E-state index in [4.69, 9.17) is 21.6 Å². The minimum Gasteiger partial charge on any atom is -0.382 e. The molecule has 1 N–H and O–H groups in total. The number of hydrogen-bond acceptors (Lipinski definition) is 5. The van der Waals surface area contributed by atoms with Crippen LogP contribution in [-0.2, 0) is 15.7 Å². The molecular weight excluding hydrogens is 493 g/mol. The van der Waals surface area contributed by atoms with Gasteiger partial charge in [0, 0.05) is 48.6 Å². The molecule has 0 bridgehead atoms. The quantitative estimate of drug-likeness (QED) is 0.558. The molecule has 1 heterocycles. The Morgan fingerprint density at radius 2 is 1.72 bits per heavy atom. The van der Waals surface area contributed by atoms with E-state index in [1.54, 1.807) is 6.07 Å². The first-order valence-corrected chi connectivity index (χ1v) is 12.4. The Hall–Kier alpha value is -2.96. The molecule has 2 aliphatic rings. The molecule has 1 saturated carbocycles.